The fraction of sp³-hybridized carbons (Fsp3) is 0.571. The summed E-state index contributed by atoms with van der Waals surface area (Å²) in [6.45, 7) is 6.23. The van der Waals surface area contributed by atoms with Gasteiger partial charge in [0.25, 0.3) is 0 Å². The average molecular weight is 301 g/mol. The van der Waals surface area contributed by atoms with Gasteiger partial charge in [-0.1, -0.05) is 26.0 Å². The lowest BCUT2D eigenvalue weighted by atomic mass is 9.95. The molecule has 1 rings (SSSR count). The molecule has 1 aromatic rings. The van der Waals surface area contributed by atoms with E-state index in [2.05, 4.69) is 19.9 Å². The van der Waals surface area contributed by atoms with Crippen LogP contribution in [0.15, 0.2) is 21.7 Å². The molecule has 108 valence electrons. The number of sulfonamides is 1. The molecule has 0 radical (unpaired) electrons. The first-order chi connectivity index (χ1) is 8.91. The molecule has 0 fully saturated rings. The van der Waals surface area contributed by atoms with E-state index in [1.165, 1.54) is 11.3 Å². The van der Waals surface area contributed by atoms with E-state index in [-0.39, 0.29) is 0 Å². The normalized spacial score (nSPS) is 14.1. The molecule has 1 unspecified atom stereocenters. The maximum atomic E-state index is 11.6. The Hall–Kier alpha value is -0.650. The largest absolute Gasteiger partial charge is 0.247 e. The molecular formula is C14H23NO2S2. The van der Waals surface area contributed by atoms with Crippen LogP contribution in [0.3, 0.4) is 0 Å². The number of hydrogen-bond donors (Lipinski definition) is 1. The summed E-state index contributed by atoms with van der Waals surface area (Å²) < 4.78 is 23.6. The molecule has 2 N–H and O–H groups in total. The van der Waals surface area contributed by atoms with Crippen molar-refractivity contribution in [2.75, 3.05) is 0 Å². The second-order valence-electron chi connectivity index (χ2n) is 4.77. The van der Waals surface area contributed by atoms with Crippen LogP contribution in [-0.2, 0) is 16.4 Å². The standard InChI is InChI=1S/C14H23NO2S2/c1-4-6-7-8-9-12-13(11(3)5-2)10-18-14(12)19(15,16)17/h4,6,10-11H,5,7-9H2,1-3H3,(H2,15,16,17). The van der Waals surface area contributed by atoms with E-state index in [0.29, 0.717) is 10.1 Å². The van der Waals surface area contributed by atoms with Gasteiger partial charge >= 0.3 is 0 Å². The number of thiophene rings is 1. The van der Waals surface area contributed by atoms with E-state index in [4.69, 9.17) is 5.14 Å². The van der Waals surface area contributed by atoms with Crippen molar-refractivity contribution in [2.24, 2.45) is 5.14 Å². The lowest BCUT2D eigenvalue weighted by molar-refractivity contribution is 0.598. The van der Waals surface area contributed by atoms with Crippen LogP contribution in [0.4, 0.5) is 0 Å². The van der Waals surface area contributed by atoms with Gasteiger partial charge in [-0.2, -0.15) is 0 Å². The van der Waals surface area contributed by atoms with Crippen LogP contribution in [0.1, 0.15) is 57.1 Å². The zero-order valence-corrected chi connectivity index (χ0v) is 13.5. The molecule has 1 atom stereocenters. The van der Waals surface area contributed by atoms with Crippen molar-refractivity contribution in [3.8, 4) is 0 Å². The highest BCUT2D eigenvalue weighted by atomic mass is 32.2. The predicted molar refractivity (Wildman–Crippen MR) is 82.2 cm³/mol. The van der Waals surface area contributed by atoms with Crippen LogP contribution in [-0.4, -0.2) is 8.42 Å². The first-order valence-corrected chi connectivity index (χ1v) is 9.08. The van der Waals surface area contributed by atoms with Gasteiger partial charge in [0.1, 0.15) is 4.21 Å². The van der Waals surface area contributed by atoms with Gasteiger partial charge in [-0.05, 0) is 55.0 Å². The minimum absolute atomic E-state index is 0.350. The number of nitrogens with two attached hydrogens (primary N) is 1. The van der Waals surface area contributed by atoms with Gasteiger partial charge in [-0.25, -0.2) is 13.6 Å². The fourth-order valence-corrected chi connectivity index (χ4v) is 4.27. The summed E-state index contributed by atoms with van der Waals surface area (Å²) in [6.07, 6.45) is 7.82. The van der Waals surface area contributed by atoms with Gasteiger partial charge in [-0.3, -0.25) is 0 Å². The summed E-state index contributed by atoms with van der Waals surface area (Å²) in [6, 6.07) is 0. The zero-order valence-electron chi connectivity index (χ0n) is 11.8. The number of hydrogen-bond acceptors (Lipinski definition) is 3. The number of allylic oxidation sites excluding steroid dienone is 2. The van der Waals surface area contributed by atoms with Crippen LogP contribution >= 0.6 is 11.3 Å². The molecule has 0 aliphatic heterocycles. The topological polar surface area (TPSA) is 60.2 Å². The highest BCUT2D eigenvalue weighted by Gasteiger charge is 2.21. The Balaban J connectivity index is 3.04. The first-order valence-electron chi connectivity index (χ1n) is 6.66. The zero-order chi connectivity index (χ0) is 14.5. The Morgan fingerprint density at radius 3 is 2.68 bits per heavy atom. The van der Waals surface area contributed by atoms with Crippen LogP contribution in [0.25, 0.3) is 0 Å². The maximum absolute atomic E-state index is 11.6. The van der Waals surface area contributed by atoms with Gasteiger partial charge in [0.15, 0.2) is 0 Å². The third kappa shape index (κ3) is 4.44. The Morgan fingerprint density at radius 2 is 2.16 bits per heavy atom. The summed E-state index contributed by atoms with van der Waals surface area (Å²) in [5.41, 5.74) is 2.09. The molecule has 0 aliphatic rings. The number of primary sulfonamides is 1. The molecule has 3 nitrogen and oxygen atoms in total. The van der Waals surface area contributed by atoms with E-state index in [0.717, 1.165) is 36.8 Å². The maximum Gasteiger partial charge on any atom is 0.247 e. The average Bonchev–Trinajstić information content (AvgIpc) is 2.77. The van der Waals surface area contributed by atoms with Crippen LogP contribution in [0, 0.1) is 0 Å². The predicted octanol–water partition coefficient (Wildman–Crippen LogP) is 3.81. The second kappa shape index (κ2) is 7.22. The summed E-state index contributed by atoms with van der Waals surface area (Å²) >= 11 is 1.26. The van der Waals surface area contributed by atoms with Crippen molar-refractivity contribution >= 4 is 21.4 Å². The van der Waals surface area contributed by atoms with Crippen LogP contribution in [0.5, 0.6) is 0 Å². The molecular weight excluding hydrogens is 278 g/mol. The molecule has 0 saturated heterocycles. The highest BCUT2D eigenvalue weighted by molar-refractivity contribution is 7.91. The third-order valence-corrected chi connectivity index (χ3v) is 5.90. The minimum Gasteiger partial charge on any atom is -0.224 e. The Bertz CT molecular complexity index is 530. The van der Waals surface area contributed by atoms with Gasteiger partial charge in [0, 0.05) is 0 Å². The Morgan fingerprint density at radius 1 is 1.47 bits per heavy atom. The van der Waals surface area contributed by atoms with Crippen LogP contribution < -0.4 is 5.14 Å². The SMILES string of the molecule is CC=CCCCc1c(C(C)CC)csc1S(N)(=O)=O. The summed E-state index contributed by atoms with van der Waals surface area (Å²) in [4.78, 5) is 0. The van der Waals surface area contributed by atoms with Gasteiger partial charge < -0.3 is 0 Å². The smallest absolute Gasteiger partial charge is 0.224 e. The van der Waals surface area contributed by atoms with Crippen molar-refractivity contribution < 1.29 is 8.42 Å². The van der Waals surface area contributed by atoms with E-state index >= 15 is 0 Å². The van der Waals surface area contributed by atoms with E-state index < -0.39 is 10.0 Å². The first kappa shape index (κ1) is 16.4. The molecule has 5 heteroatoms. The molecule has 0 amide bonds. The number of rotatable bonds is 7. The summed E-state index contributed by atoms with van der Waals surface area (Å²) in [5, 5.41) is 7.27. The van der Waals surface area contributed by atoms with E-state index in [1.807, 2.05) is 18.4 Å². The minimum atomic E-state index is -3.60. The summed E-state index contributed by atoms with van der Waals surface area (Å²) in [5.74, 6) is 0.378. The Labute approximate surface area is 120 Å². The van der Waals surface area contributed by atoms with Crippen LogP contribution in [0.2, 0.25) is 0 Å². The molecule has 1 heterocycles. The van der Waals surface area contributed by atoms with Gasteiger partial charge in [0.2, 0.25) is 10.0 Å². The molecule has 19 heavy (non-hydrogen) atoms. The summed E-state index contributed by atoms with van der Waals surface area (Å²) in [7, 11) is -3.60. The van der Waals surface area contributed by atoms with E-state index in [9.17, 15) is 8.42 Å². The highest BCUT2D eigenvalue weighted by Crippen LogP contribution is 2.34. The van der Waals surface area contributed by atoms with Crippen molar-refractivity contribution in [3.05, 3.63) is 28.7 Å². The van der Waals surface area contributed by atoms with Gasteiger partial charge in [0.05, 0.1) is 0 Å². The van der Waals surface area contributed by atoms with Crippen molar-refractivity contribution in [1.82, 2.24) is 0 Å². The van der Waals surface area contributed by atoms with Crippen molar-refractivity contribution in [1.29, 1.82) is 0 Å². The molecule has 0 aliphatic carbocycles. The monoisotopic (exact) mass is 301 g/mol. The molecule has 0 spiro atoms. The Kier molecular flexibility index (Phi) is 6.23. The third-order valence-electron chi connectivity index (χ3n) is 3.32. The van der Waals surface area contributed by atoms with Gasteiger partial charge in [-0.15, -0.1) is 11.3 Å². The molecule has 0 aromatic carbocycles. The fourth-order valence-electron chi connectivity index (χ4n) is 2.06. The molecule has 1 aromatic heterocycles. The molecule has 0 saturated carbocycles. The lowest BCUT2D eigenvalue weighted by Gasteiger charge is -2.11. The quantitative estimate of drug-likeness (QED) is 0.615. The lowest BCUT2D eigenvalue weighted by Crippen LogP contribution is -2.13. The second-order valence-corrected chi connectivity index (χ2v) is 7.41. The molecule has 0 bridgehead atoms. The number of unbranched alkanes of at least 4 members (excludes halogenated alkanes) is 1. The van der Waals surface area contributed by atoms with Crippen molar-refractivity contribution in [2.45, 2.75) is 56.6 Å². The van der Waals surface area contributed by atoms with E-state index in [1.54, 1.807) is 0 Å². The van der Waals surface area contributed by atoms with Crippen molar-refractivity contribution in [3.63, 3.8) is 0 Å².